The van der Waals surface area contributed by atoms with E-state index in [4.69, 9.17) is 11.6 Å². The Morgan fingerprint density at radius 2 is 1.94 bits per heavy atom. The van der Waals surface area contributed by atoms with Crippen molar-refractivity contribution >= 4 is 17.3 Å². The number of anilines is 1. The summed E-state index contributed by atoms with van der Waals surface area (Å²) in [6, 6.07) is 5.09. The highest BCUT2D eigenvalue weighted by Gasteiger charge is 2.26. The van der Waals surface area contributed by atoms with Crippen molar-refractivity contribution in [3.63, 3.8) is 0 Å². The van der Waals surface area contributed by atoms with Crippen LogP contribution >= 0.6 is 11.6 Å². The molecular formula is C12H18ClN3. The smallest absolute Gasteiger partial charge is 0.131 e. The van der Waals surface area contributed by atoms with E-state index in [2.05, 4.69) is 35.7 Å². The van der Waals surface area contributed by atoms with E-state index in [0.29, 0.717) is 17.2 Å². The molecule has 0 aliphatic carbocycles. The van der Waals surface area contributed by atoms with Gasteiger partial charge in [-0.25, -0.2) is 4.98 Å². The molecule has 0 aromatic carbocycles. The van der Waals surface area contributed by atoms with Crippen molar-refractivity contribution < 1.29 is 0 Å². The molecule has 0 spiro atoms. The summed E-state index contributed by atoms with van der Waals surface area (Å²) in [7, 11) is 2.19. The van der Waals surface area contributed by atoms with Gasteiger partial charge in [-0.1, -0.05) is 11.6 Å². The minimum Gasteiger partial charge on any atom is -0.368 e. The Labute approximate surface area is 102 Å². The lowest BCUT2D eigenvalue weighted by molar-refractivity contribution is 0.170. The van der Waals surface area contributed by atoms with Crippen LogP contribution in [0.3, 0.4) is 0 Å². The Balaban J connectivity index is 2.17. The number of hydrogen-bond acceptors (Lipinski definition) is 3. The molecule has 2 unspecified atom stereocenters. The third-order valence-electron chi connectivity index (χ3n) is 3.44. The zero-order valence-electron chi connectivity index (χ0n) is 10.0. The average molecular weight is 240 g/mol. The van der Waals surface area contributed by atoms with E-state index >= 15 is 0 Å². The summed E-state index contributed by atoms with van der Waals surface area (Å²) in [5, 5.41) is 0.566. The highest BCUT2D eigenvalue weighted by atomic mass is 35.5. The van der Waals surface area contributed by atoms with Gasteiger partial charge < -0.3 is 4.90 Å². The van der Waals surface area contributed by atoms with Gasteiger partial charge in [0.1, 0.15) is 5.15 Å². The van der Waals surface area contributed by atoms with Crippen LogP contribution in [0.4, 0.5) is 5.69 Å². The Morgan fingerprint density at radius 1 is 1.31 bits per heavy atom. The number of nitrogens with zero attached hydrogens (tertiary/aromatic N) is 3. The topological polar surface area (TPSA) is 19.4 Å². The lowest BCUT2D eigenvalue weighted by Crippen LogP contribution is -2.55. The fourth-order valence-corrected chi connectivity index (χ4v) is 2.37. The van der Waals surface area contributed by atoms with Crippen LogP contribution in [-0.4, -0.2) is 42.1 Å². The Morgan fingerprint density at radius 3 is 2.50 bits per heavy atom. The van der Waals surface area contributed by atoms with E-state index in [1.54, 1.807) is 6.20 Å². The Bertz CT molecular complexity index is 357. The van der Waals surface area contributed by atoms with Gasteiger partial charge in [0.15, 0.2) is 0 Å². The molecule has 1 fully saturated rings. The van der Waals surface area contributed by atoms with E-state index in [-0.39, 0.29) is 0 Å². The SMILES string of the molecule is CC1CN(c2ccnc(Cl)c2)CC(C)N1C. The minimum atomic E-state index is 0.565. The number of aromatic nitrogens is 1. The second-order valence-corrected chi connectivity index (χ2v) is 4.99. The molecule has 1 aromatic rings. The molecule has 16 heavy (non-hydrogen) atoms. The molecule has 0 N–H and O–H groups in total. The standard InChI is InChI=1S/C12H18ClN3/c1-9-7-16(8-10(2)15(9)3)11-4-5-14-12(13)6-11/h4-6,9-10H,7-8H2,1-3H3. The van der Waals surface area contributed by atoms with Gasteiger partial charge in [-0.15, -0.1) is 0 Å². The first-order valence-electron chi connectivity index (χ1n) is 5.66. The molecule has 0 saturated carbocycles. The lowest BCUT2D eigenvalue weighted by atomic mass is 10.1. The third-order valence-corrected chi connectivity index (χ3v) is 3.64. The molecule has 0 radical (unpaired) electrons. The predicted octanol–water partition coefficient (Wildman–Crippen LogP) is 2.26. The van der Waals surface area contributed by atoms with Gasteiger partial charge in [0.25, 0.3) is 0 Å². The van der Waals surface area contributed by atoms with Crippen molar-refractivity contribution in [2.45, 2.75) is 25.9 Å². The van der Waals surface area contributed by atoms with E-state index in [1.165, 1.54) is 5.69 Å². The molecule has 1 aromatic heterocycles. The van der Waals surface area contributed by atoms with E-state index in [9.17, 15) is 0 Å². The highest BCUT2D eigenvalue weighted by molar-refractivity contribution is 6.29. The molecule has 2 heterocycles. The predicted molar refractivity (Wildman–Crippen MR) is 68.1 cm³/mol. The summed E-state index contributed by atoms with van der Waals surface area (Å²) in [5.74, 6) is 0. The van der Waals surface area contributed by atoms with Crippen molar-refractivity contribution in [2.24, 2.45) is 0 Å². The normalized spacial score (nSPS) is 27.1. The maximum atomic E-state index is 5.92. The second kappa shape index (κ2) is 4.60. The molecule has 1 saturated heterocycles. The lowest BCUT2D eigenvalue weighted by Gasteiger charge is -2.43. The van der Waals surface area contributed by atoms with Crippen molar-refractivity contribution in [1.29, 1.82) is 0 Å². The first-order valence-corrected chi connectivity index (χ1v) is 6.04. The van der Waals surface area contributed by atoms with Crippen LogP contribution in [0, 0.1) is 0 Å². The van der Waals surface area contributed by atoms with Crippen LogP contribution < -0.4 is 4.90 Å². The number of pyridine rings is 1. The molecule has 3 nitrogen and oxygen atoms in total. The number of halogens is 1. The van der Waals surface area contributed by atoms with Crippen LogP contribution in [0.5, 0.6) is 0 Å². The number of rotatable bonds is 1. The summed E-state index contributed by atoms with van der Waals surface area (Å²) < 4.78 is 0. The molecule has 88 valence electrons. The van der Waals surface area contributed by atoms with E-state index in [1.807, 2.05) is 12.1 Å². The number of likely N-dealkylation sites (N-methyl/N-ethyl adjacent to an activating group) is 1. The summed E-state index contributed by atoms with van der Waals surface area (Å²) in [6.07, 6.45) is 1.77. The molecule has 0 bridgehead atoms. The molecule has 1 aliphatic rings. The van der Waals surface area contributed by atoms with Crippen molar-refractivity contribution in [2.75, 3.05) is 25.0 Å². The summed E-state index contributed by atoms with van der Waals surface area (Å²) in [4.78, 5) is 8.81. The van der Waals surface area contributed by atoms with Crippen LogP contribution in [-0.2, 0) is 0 Å². The van der Waals surface area contributed by atoms with Gasteiger partial charge >= 0.3 is 0 Å². The molecule has 1 aliphatic heterocycles. The van der Waals surface area contributed by atoms with Gasteiger partial charge in [0.2, 0.25) is 0 Å². The van der Waals surface area contributed by atoms with Crippen LogP contribution in [0.15, 0.2) is 18.3 Å². The first-order chi connectivity index (χ1) is 7.58. The van der Waals surface area contributed by atoms with Gasteiger partial charge in [-0.2, -0.15) is 0 Å². The van der Waals surface area contributed by atoms with Gasteiger partial charge in [0.05, 0.1) is 0 Å². The maximum Gasteiger partial charge on any atom is 0.131 e. The zero-order chi connectivity index (χ0) is 11.7. The molecule has 4 heteroatoms. The Hall–Kier alpha value is -0.800. The first kappa shape index (κ1) is 11.7. The number of piperazine rings is 1. The quantitative estimate of drug-likeness (QED) is 0.701. The fraction of sp³-hybridized carbons (Fsp3) is 0.583. The van der Waals surface area contributed by atoms with Crippen molar-refractivity contribution in [3.05, 3.63) is 23.5 Å². The summed E-state index contributed by atoms with van der Waals surface area (Å²) >= 11 is 5.92. The maximum absolute atomic E-state index is 5.92. The molecule has 2 rings (SSSR count). The minimum absolute atomic E-state index is 0.565. The van der Waals surface area contributed by atoms with Gasteiger partial charge in [0, 0.05) is 37.1 Å². The zero-order valence-corrected chi connectivity index (χ0v) is 10.8. The van der Waals surface area contributed by atoms with E-state index < -0.39 is 0 Å². The average Bonchev–Trinajstić information content (AvgIpc) is 2.25. The second-order valence-electron chi connectivity index (χ2n) is 4.61. The van der Waals surface area contributed by atoms with Gasteiger partial charge in [-0.3, -0.25) is 4.90 Å². The highest BCUT2D eigenvalue weighted by Crippen LogP contribution is 2.22. The van der Waals surface area contributed by atoms with E-state index in [0.717, 1.165) is 13.1 Å². The largest absolute Gasteiger partial charge is 0.368 e. The molecular weight excluding hydrogens is 222 g/mol. The van der Waals surface area contributed by atoms with Crippen molar-refractivity contribution in [1.82, 2.24) is 9.88 Å². The van der Waals surface area contributed by atoms with Gasteiger partial charge in [-0.05, 0) is 33.0 Å². The third kappa shape index (κ3) is 2.30. The van der Waals surface area contributed by atoms with Crippen molar-refractivity contribution in [3.8, 4) is 0 Å². The van der Waals surface area contributed by atoms with Crippen LogP contribution in [0.25, 0.3) is 0 Å². The monoisotopic (exact) mass is 239 g/mol. The summed E-state index contributed by atoms with van der Waals surface area (Å²) in [6.45, 7) is 6.60. The van der Waals surface area contributed by atoms with Crippen LogP contribution in [0.1, 0.15) is 13.8 Å². The Kier molecular flexibility index (Phi) is 3.36. The molecule has 0 amide bonds. The molecule has 2 atom stereocenters. The fourth-order valence-electron chi connectivity index (χ4n) is 2.20. The summed E-state index contributed by atoms with van der Waals surface area (Å²) in [5.41, 5.74) is 1.17. The van der Waals surface area contributed by atoms with Crippen LogP contribution in [0.2, 0.25) is 5.15 Å². The number of hydrogen-bond donors (Lipinski definition) is 0.